The molecule has 0 saturated heterocycles. The van der Waals surface area contributed by atoms with Gasteiger partial charge in [-0.3, -0.25) is 4.79 Å². The quantitative estimate of drug-likeness (QED) is 0.475. The van der Waals surface area contributed by atoms with Gasteiger partial charge in [0.15, 0.2) is 0 Å². The number of carbonyl (C=O) groups is 1. The molecule has 0 atom stereocenters. The minimum Gasteiger partial charge on any atom is -0.507 e. The van der Waals surface area contributed by atoms with Gasteiger partial charge in [-0.25, -0.2) is 5.43 Å². The van der Waals surface area contributed by atoms with Gasteiger partial charge >= 0.3 is 0 Å². The molecule has 2 rings (SSSR count). The van der Waals surface area contributed by atoms with Crippen molar-refractivity contribution in [3.63, 3.8) is 0 Å². The summed E-state index contributed by atoms with van der Waals surface area (Å²) in [5.41, 5.74) is 3.38. The van der Waals surface area contributed by atoms with E-state index in [4.69, 9.17) is 4.74 Å². The number of para-hydroxylation sites is 1. The Morgan fingerprint density at radius 2 is 2.10 bits per heavy atom. The highest BCUT2D eigenvalue weighted by Gasteiger charge is 2.08. The zero-order valence-corrected chi connectivity index (χ0v) is 13.4. The van der Waals surface area contributed by atoms with Crippen LogP contribution in [0.5, 0.6) is 11.5 Å². The number of nitrogens with one attached hydrogen (secondary N) is 1. The zero-order chi connectivity index (χ0) is 15.2. The van der Waals surface area contributed by atoms with Crippen LogP contribution in [0.3, 0.4) is 0 Å². The highest BCUT2D eigenvalue weighted by atomic mass is 127. The normalized spacial score (nSPS) is 10.6. The number of phenolic OH excluding ortho intramolecular Hbond substituents is 1. The number of hydrogen-bond donors (Lipinski definition) is 2. The Bertz CT molecular complexity index is 686. The van der Waals surface area contributed by atoms with Crippen molar-refractivity contribution >= 4 is 34.7 Å². The van der Waals surface area contributed by atoms with Crippen LogP contribution in [-0.2, 0) is 0 Å². The van der Waals surface area contributed by atoms with Crippen LogP contribution in [0, 0.1) is 3.57 Å². The average Bonchev–Trinajstić information content (AvgIpc) is 2.48. The minimum atomic E-state index is -0.465. The number of halogens is 1. The fourth-order valence-corrected chi connectivity index (χ4v) is 2.41. The molecule has 2 aromatic rings. The molecule has 0 aliphatic heterocycles. The standard InChI is InChI=1S/C15H13IN2O3/c1-21-14-7-6-10(8-12(14)16)9-17-18-15(20)11-4-2-3-5-13(11)19/h2-9,19H,1H3,(H,18,20). The summed E-state index contributed by atoms with van der Waals surface area (Å²) in [5, 5.41) is 13.4. The van der Waals surface area contributed by atoms with Crippen molar-refractivity contribution in [1.29, 1.82) is 0 Å². The van der Waals surface area contributed by atoms with Crippen molar-refractivity contribution in [2.75, 3.05) is 7.11 Å². The Balaban J connectivity index is 2.04. The van der Waals surface area contributed by atoms with Gasteiger partial charge in [-0.1, -0.05) is 12.1 Å². The zero-order valence-electron chi connectivity index (χ0n) is 11.2. The third-order valence-electron chi connectivity index (χ3n) is 2.70. The first-order valence-corrected chi connectivity index (χ1v) is 7.14. The van der Waals surface area contributed by atoms with E-state index in [-0.39, 0.29) is 11.3 Å². The number of aromatic hydroxyl groups is 1. The van der Waals surface area contributed by atoms with Crippen molar-refractivity contribution in [2.24, 2.45) is 5.10 Å². The van der Waals surface area contributed by atoms with Gasteiger partial charge in [0.2, 0.25) is 0 Å². The third-order valence-corrected chi connectivity index (χ3v) is 3.55. The van der Waals surface area contributed by atoms with Gasteiger partial charge in [0.25, 0.3) is 5.91 Å². The van der Waals surface area contributed by atoms with E-state index in [9.17, 15) is 9.90 Å². The van der Waals surface area contributed by atoms with Crippen LogP contribution in [0.1, 0.15) is 15.9 Å². The summed E-state index contributed by atoms with van der Waals surface area (Å²) in [7, 11) is 1.61. The van der Waals surface area contributed by atoms with Crippen molar-refractivity contribution in [3.8, 4) is 11.5 Å². The van der Waals surface area contributed by atoms with Crippen molar-refractivity contribution in [2.45, 2.75) is 0 Å². The molecule has 6 heteroatoms. The molecule has 0 bridgehead atoms. The number of phenols is 1. The number of carbonyl (C=O) groups excluding carboxylic acids is 1. The van der Waals surface area contributed by atoms with Crippen LogP contribution in [0.15, 0.2) is 47.6 Å². The van der Waals surface area contributed by atoms with Crippen LogP contribution in [-0.4, -0.2) is 24.3 Å². The first-order valence-electron chi connectivity index (χ1n) is 6.06. The first-order chi connectivity index (χ1) is 10.1. The maximum atomic E-state index is 11.8. The van der Waals surface area contributed by atoms with E-state index in [0.29, 0.717) is 0 Å². The Hall–Kier alpha value is -2.09. The van der Waals surface area contributed by atoms with Crippen LogP contribution in [0.25, 0.3) is 0 Å². The SMILES string of the molecule is COc1ccc(C=NNC(=O)c2ccccc2O)cc1I. The van der Waals surface area contributed by atoms with Gasteiger partial charge < -0.3 is 9.84 Å². The topological polar surface area (TPSA) is 70.9 Å². The summed E-state index contributed by atoms with van der Waals surface area (Å²) < 4.78 is 6.11. The lowest BCUT2D eigenvalue weighted by Crippen LogP contribution is -2.17. The lowest BCUT2D eigenvalue weighted by atomic mass is 10.2. The Kier molecular flexibility index (Phi) is 5.15. The molecule has 0 fully saturated rings. The van der Waals surface area contributed by atoms with E-state index in [2.05, 4.69) is 33.1 Å². The second-order valence-electron chi connectivity index (χ2n) is 4.11. The highest BCUT2D eigenvalue weighted by Crippen LogP contribution is 2.20. The Labute approximate surface area is 135 Å². The van der Waals surface area contributed by atoms with Crippen molar-refractivity contribution in [3.05, 3.63) is 57.2 Å². The number of hydrogen-bond acceptors (Lipinski definition) is 4. The summed E-state index contributed by atoms with van der Waals surface area (Å²) in [6.45, 7) is 0. The highest BCUT2D eigenvalue weighted by molar-refractivity contribution is 14.1. The first kappa shape index (κ1) is 15.3. The Morgan fingerprint density at radius 1 is 1.33 bits per heavy atom. The maximum Gasteiger partial charge on any atom is 0.275 e. The molecule has 0 heterocycles. The summed E-state index contributed by atoms with van der Waals surface area (Å²) in [6.07, 6.45) is 1.53. The van der Waals surface area contributed by atoms with Gasteiger partial charge in [0.05, 0.1) is 22.5 Å². The van der Waals surface area contributed by atoms with Gasteiger partial charge in [0.1, 0.15) is 11.5 Å². The molecule has 0 spiro atoms. The lowest BCUT2D eigenvalue weighted by Gasteiger charge is -2.04. The molecule has 0 aromatic heterocycles. The van der Waals surface area contributed by atoms with Crippen LogP contribution in [0.2, 0.25) is 0 Å². The maximum absolute atomic E-state index is 11.8. The molecule has 2 N–H and O–H groups in total. The molecule has 0 aliphatic carbocycles. The predicted octanol–water partition coefficient (Wildman–Crippen LogP) is 2.77. The predicted molar refractivity (Wildman–Crippen MR) is 88.9 cm³/mol. The minimum absolute atomic E-state index is 0.0794. The number of ether oxygens (including phenoxy) is 1. The second kappa shape index (κ2) is 7.07. The largest absolute Gasteiger partial charge is 0.507 e. The summed E-state index contributed by atoms with van der Waals surface area (Å²) >= 11 is 2.16. The molecule has 0 aliphatic rings. The monoisotopic (exact) mass is 396 g/mol. The molecular formula is C15H13IN2O3. The summed E-state index contributed by atoms with van der Waals surface area (Å²) in [4.78, 5) is 11.8. The van der Waals surface area contributed by atoms with Gasteiger partial charge in [-0.2, -0.15) is 5.10 Å². The number of rotatable bonds is 4. The molecule has 0 saturated carbocycles. The van der Waals surface area contributed by atoms with E-state index in [0.717, 1.165) is 14.9 Å². The third kappa shape index (κ3) is 3.94. The lowest BCUT2D eigenvalue weighted by molar-refractivity contribution is 0.0952. The fourth-order valence-electron chi connectivity index (χ4n) is 1.65. The second-order valence-corrected chi connectivity index (χ2v) is 5.27. The van der Waals surface area contributed by atoms with Crippen molar-refractivity contribution < 1.29 is 14.6 Å². The molecule has 0 radical (unpaired) electrons. The van der Waals surface area contributed by atoms with Gasteiger partial charge in [-0.15, -0.1) is 0 Å². The number of nitrogens with zero attached hydrogens (tertiary/aromatic N) is 1. The van der Waals surface area contributed by atoms with E-state index in [1.807, 2.05) is 18.2 Å². The summed E-state index contributed by atoms with van der Waals surface area (Å²) in [6, 6.07) is 11.8. The molecule has 108 valence electrons. The summed E-state index contributed by atoms with van der Waals surface area (Å²) in [5.74, 6) is 0.239. The molecule has 0 unspecified atom stereocenters. The molecule has 1 amide bonds. The van der Waals surface area contributed by atoms with Gasteiger partial charge in [0, 0.05) is 0 Å². The van der Waals surface area contributed by atoms with Gasteiger partial charge in [-0.05, 0) is 58.5 Å². The fraction of sp³-hybridized carbons (Fsp3) is 0.0667. The molecule has 5 nitrogen and oxygen atoms in total. The Morgan fingerprint density at radius 3 is 2.76 bits per heavy atom. The average molecular weight is 396 g/mol. The molecular weight excluding hydrogens is 383 g/mol. The van der Waals surface area contributed by atoms with E-state index >= 15 is 0 Å². The number of hydrazone groups is 1. The number of methoxy groups -OCH3 is 1. The van der Waals surface area contributed by atoms with Crippen molar-refractivity contribution in [1.82, 2.24) is 5.43 Å². The van der Waals surface area contributed by atoms with E-state index in [1.54, 1.807) is 19.2 Å². The smallest absolute Gasteiger partial charge is 0.275 e. The van der Waals surface area contributed by atoms with E-state index in [1.165, 1.54) is 18.3 Å². The van der Waals surface area contributed by atoms with Crippen LogP contribution in [0.4, 0.5) is 0 Å². The molecule has 21 heavy (non-hydrogen) atoms. The van der Waals surface area contributed by atoms with Crippen LogP contribution >= 0.6 is 22.6 Å². The van der Waals surface area contributed by atoms with E-state index < -0.39 is 5.91 Å². The van der Waals surface area contributed by atoms with Crippen LogP contribution < -0.4 is 10.2 Å². The molecule has 2 aromatic carbocycles. The number of amides is 1. The number of benzene rings is 2.